The molecule has 3 rings (SSSR count). The third-order valence-corrected chi connectivity index (χ3v) is 5.03. The van der Waals surface area contributed by atoms with Crippen molar-refractivity contribution >= 4 is 11.9 Å². The van der Waals surface area contributed by atoms with E-state index in [-0.39, 0.29) is 5.91 Å². The summed E-state index contributed by atoms with van der Waals surface area (Å²) in [4.78, 5) is 25.3. The number of hydrogen-bond donors (Lipinski definition) is 1. The normalized spacial score (nSPS) is 26.0. The Morgan fingerprint density at radius 1 is 1.17 bits per heavy atom. The molecule has 0 bridgehead atoms. The highest BCUT2D eigenvalue weighted by atomic mass is 16.2. The number of piperazine rings is 1. The SMILES string of the molecule is C[C@@H]1CCCC[C@H]1NC(=O)CN1CCN(c2ncccn2)CC1. The molecule has 6 heteroatoms. The molecule has 1 saturated heterocycles. The van der Waals surface area contributed by atoms with Crippen LogP contribution in [0, 0.1) is 5.92 Å². The van der Waals surface area contributed by atoms with Crippen LogP contribution in [0.15, 0.2) is 18.5 Å². The molecule has 0 radical (unpaired) electrons. The largest absolute Gasteiger partial charge is 0.352 e. The van der Waals surface area contributed by atoms with E-state index in [1.807, 2.05) is 6.07 Å². The molecule has 1 aliphatic heterocycles. The number of hydrogen-bond acceptors (Lipinski definition) is 5. The van der Waals surface area contributed by atoms with Crippen LogP contribution in [0.5, 0.6) is 0 Å². The van der Waals surface area contributed by atoms with Crippen LogP contribution < -0.4 is 10.2 Å². The van der Waals surface area contributed by atoms with Crippen LogP contribution in [0.3, 0.4) is 0 Å². The number of amides is 1. The van der Waals surface area contributed by atoms with Crippen LogP contribution in [0.4, 0.5) is 5.95 Å². The molecule has 2 heterocycles. The molecule has 1 N–H and O–H groups in total. The lowest BCUT2D eigenvalue weighted by Gasteiger charge is -2.35. The molecule has 23 heavy (non-hydrogen) atoms. The maximum Gasteiger partial charge on any atom is 0.234 e. The topological polar surface area (TPSA) is 61.4 Å². The highest BCUT2D eigenvalue weighted by Crippen LogP contribution is 2.23. The predicted molar refractivity (Wildman–Crippen MR) is 90.2 cm³/mol. The van der Waals surface area contributed by atoms with Crippen molar-refractivity contribution in [2.24, 2.45) is 5.92 Å². The van der Waals surface area contributed by atoms with E-state index in [0.717, 1.165) is 38.5 Å². The second-order valence-electron chi connectivity index (χ2n) is 6.75. The van der Waals surface area contributed by atoms with Gasteiger partial charge in [-0.1, -0.05) is 19.8 Å². The Balaban J connectivity index is 1.42. The molecular formula is C17H27N5O. The Morgan fingerprint density at radius 3 is 2.57 bits per heavy atom. The first-order chi connectivity index (χ1) is 11.2. The number of carbonyl (C=O) groups excluding carboxylic acids is 1. The molecule has 0 spiro atoms. The minimum absolute atomic E-state index is 0.174. The van der Waals surface area contributed by atoms with Gasteiger partial charge in [-0.3, -0.25) is 9.69 Å². The molecule has 2 fully saturated rings. The zero-order chi connectivity index (χ0) is 16.1. The Morgan fingerprint density at radius 2 is 1.87 bits per heavy atom. The van der Waals surface area contributed by atoms with Crippen molar-refractivity contribution in [2.45, 2.75) is 38.6 Å². The van der Waals surface area contributed by atoms with Gasteiger partial charge < -0.3 is 10.2 Å². The Kier molecular flexibility index (Phi) is 5.43. The van der Waals surface area contributed by atoms with Crippen molar-refractivity contribution in [2.75, 3.05) is 37.6 Å². The van der Waals surface area contributed by atoms with Gasteiger partial charge in [0.05, 0.1) is 6.54 Å². The van der Waals surface area contributed by atoms with E-state index in [1.165, 1.54) is 19.3 Å². The summed E-state index contributed by atoms with van der Waals surface area (Å²) in [6.45, 7) is 6.27. The summed E-state index contributed by atoms with van der Waals surface area (Å²) in [5.74, 6) is 1.57. The molecule has 0 aromatic carbocycles. The van der Waals surface area contributed by atoms with Gasteiger partial charge in [0.1, 0.15) is 0 Å². The van der Waals surface area contributed by atoms with E-state index < -0.39 is 0 Å². The molecule has 6 nitrogen and oxygen atoms in total. The standard InChI is InChI=1S/C17H27N5O/c1-14-5-2-3-6-15(14)20-16(23)13-21-9-11-22(12-10-21)17-18-7-4-8-19-17/h4,7-8,14-15H,2-3,5-6,9-13H2,1H3,(H,20,23)/t14-,15-/m1/s1. The number of nitrogens with zero attached hydrogens (tertiary/aromatic N) is 4. The molecule has 2 atom stereocenters. The van der Waals surface area contributed by atoms with Crippen LogP contribution >= 0.6 is 0 Å². The van der Waals surface area contributed by atoms with E-state index in [1.54, 1.807) is 12.4 Å². The summed E-state index contributed by atoms with van der Waals surface area (Å²) in [6, 6.07) is 2.20. The third kappa shape index (κ3) is 4.41. The van der Waals surface area contributed by atoms with Gasteiger partial charge in [-0.15, -0.1) is 0 Å². The van der Waals surface area contributed by atoms with Crippen LogP contribution in [0.1, 0.15) is 32.6 Å². The fourth-order valence-electron chi connectivity index (χ4n) is 3.55. The van der Waals surface area contributed by atoms with Crippen molar-refractivity contribution in [3.63, 3.8) is 0 Å². The van der Waals surface area contributed by atoms with Gasteiger partial charge in [0.25, 0.3) is 0 Å². The average Bonchev–Trinajstić information content (AvgIpc) is 2.58. The van der Waals surface area contributed by atoms with E-state index in [9.17, 15) is 4.79 Å². The first-order valence-corrected chi connectivity index (χ1v) is 8.76. The third-order valence-electron chi connectivity index (χ3n) is 5.03. The molecule has 0 unspecified atom stereocenters. The maximum absolute atomic E-state index is 12.3. The van der Waals surface area contributed by atoms with Gasteiger partial charge in [-0.05, 0) is 24.8 Å². The van der Waals surface area contributed by atoms with Crippen molar-refractivity contribution in [1.29, 1.82) is 0 Å². The van der Waals surface area contributed by atoms with E-state index in [2.05, 4.69) is 32.0 Å². The highest BCUT2D eigenvalue weighted by Gasteiger charge is 2.25. The monoisotopic (exact) mass is 317 g/mol. The summed E-state index contributed by atoms with van der Waals surface area (Å²) in [7, 11) is 0. The van der Waals surface area contributed by atoms with Crippen molar-refractivity contribution in [3.8, 4) is 0 Å². The summed E-state index contributed by atoms with van der Waals surface area (Å²) in [5.41, 5.74) is 0. The van der Waals surface area contributed by atoms with Gasteiger partial charge in [-0.25, -0.2) is 9.97 Å². The van der Waals surface area contributed by atoms with Gasteiger partial charge in [-0.2, -0.15) is 0 Å². The first kappa shape index (κ1) is 16.2. The van der Waals surface area contributed by atoms with Crippen molar-refractivity contribution in [3.05, 3.63) is 18.5 Å². The number of carbonyl (C=O) groups is 1. The molecule has 2 aliphatic rings. The van der Waals surface area contributed by atoms with Gasteiger partial charge in [0.2, 0.25) is 11.9 Å². The number of rotatable bonds is 4. The summed E-state index contributed by atoms with van der Waals surface area (Å²) < 4.78 is 0. The second-order valence-corrected chi connectivity index (χ2v) is 6.75. The van der Waals surface area contributed by atoms with Crippen LogP contribution in [-0.2, 0) is 4.79 Å². The highest BCUT2D eigenvalue weighted by molar-refractivity contribution is 5.78. The molecular weight excluding hydrogens is 290 g/mol. The smallest absolute Gasteiger partial charge is 0.234 e. The minimum Gasteiger partial charge on any atom is -0.352 e. The van der Waals surface area contributed by atoms with Crippen LogP contribution in [0.2, 0.25) is 0 Å². The van der Waals surface area contributed by atoms with E-state index in [0.29, 0.717) is 18.5 Å². The van der Waals surface area contributed by atoms with Crippen LogP contribution in [0.25, 0.3) is 0 Å². The average molecular weight is 317 g/mol. The van der Waals surface area contributed by atoms with Crippen molar-refractivity contribution < 1.29 is 4.79 Å². The quantitative estimate of drug-likeness (QED) is 0.907. The summed E-state index contributed by atoms with van der Waals surface area (Å²) in [6.07, 6.45) is 8.45. The maximum atomic E-state index is 12.3. The molecule has 126 valence electrons. The first-order valence-electron chi connectivity index (χ1n) is 8.76. The molecule has 1 amide bonds. The lowest BCUT2D eigenvalue weighted by atomic mass is 9.86. The fourth-order valence-corrected chi connectivity index (χ4v) is 3.55. The zero-order valence-electron chi connectivity index (χ0n) is 13.9. The number of aromatic nitrogens is 2. The predicted octanol–water partition coefficient (Wildman–Crippen LogP) is 1.29. The Labute approximate surface area is 138 Å². The molecule has 1 aliphatic carbocycles. The molecule has 1 aromatic rings. The lowest BCUT2D eigenvalue weighted by molar-refractivity contribution is -0.123. The lowest BCUT2D eigenvalue weighted by Crippen LogP contribution is -2.51. The van der Waals surface area contributed by atoms with Crippen LogP contribution in [-0.4, -0.2) is 59.5 Å². The van der Waals surface area contributed by atoms with Gasteiger partial charge >= 0.3 is 0 Å². The Bertz CT molecular complexity index is 501. The summed E-state index contributed by atoms with van der Waals surface area (Å²) >= 11 is 0. The fraction of sp³-hybridized carbons (Fsp3) is 0.706. The number of anilines is 1. The van der Waals surface area contributed by atoms with Gasteiger partial charge in [0, 0.05) is 44.6 Å². The van der Waals surface area contributed by atoms with E-state index >= 15 is 0 Å². The van der Waals surface area contributed by atoms with Gasteiger partial charge in [0.15, 0.2) is 0 Å². The second kappa shape index (κ2) is 7.73. The Hall–Kier alpha value is -1.69. The van der Waals surface area contributed by atoms with Crippen molar-refractivity contribution in [1.82, 2.24) is 20.2 Å². The molecule has 1 aromatic heterocycles. The minimum atomic E-state index is 0.174. The zero-order valence-corrected chi connectivity index (χ0v) is 13.9. The summed E-state index contributed by atoms with van der Waals surface area (Å²) in [5, 5.41) is 3.24. The molecule has 1 saturated carbocycles. The van der Waals surface area contributed by atoms with E-state index in [4.69, 9.17) is 0 Å². The number of nitrogens with one attached hydrogen (secondary N) is 1.